The normalized spacial score (nSPS) is 12.0. The van der Waals surface area contributed by atoms with Gasteiger partial charge in [-0.05, 0) is 6.42 Å². The molecule has 0 saturated heterocycles. The first-order valence-electron chi connectivity index (χ1n) is 8.80. The van der Waals surface area contributed by atoms with Gasteiger partial charge in [-0.25, -0.2) is 0 Å². The highest BCUT2D eigenvalue weighted by atomic mass is 17.2. The van der Waals surface area contributed by atoms with Crippen molar-refractivity contribution in [1.29, 1.82) is 0 Å². The first kappa shape index (κ1) is 20.8. The summed E-state index contributed by atoms with van der Waals surface area (Å²) in [5.74, 6) is 0. The van der Waals surface area contributed by atoms with Crippen LogP contribution in [0.25, 0.3) is 0 Å². The van der Waals surface area contributed by atoms with Gasteiger partial charge in [0.15, 0.2) is 6.54 Å². The molecule has 0 amide bonds. The first-order valence-corrected chi connectivity index (χ1v) is 8.80. The number of nitrogens with zero attached hydrogens (tertiary/aromatic N) is 1. The van der Waals surface area contributed by atoms with E-state index in [2.05, 4.69) is 6.92 Å². The van der Waals surface area contributed by atoms with Crippen LogP contribution in [0.4, 0.5) is 0 Å². The third kappa shape index (κ3) is 11.1. The molecule has 0 aromatic rings. The average Bonchev–Trinajstić information content (AvgIpc) is 2.53. The molecule has 0 spiro atoms. The monoisotopic (exact) mass is 304 g/mol. The molecule has 0 aromatic heterocycles. The minimum absolute atomic E-state index is 0.169. The molecule has 0 bridgehead atoms. The van der Waals surface area contributed by atoms with Gasteiger partial charge in [0, 0.05) is 6.42 Å². The highest BCUT2D eigenvalue weighted by molar-refractivity contribution is 4.48. The van der Waals surface area contributed by atoms with Crippen molar-refractivity contribution in [2.45, 2.75) is 84.0 Å². The first-order chi connectivity index (χ1) is 10.2. The summed E-state index contributed by atoms with van der Waals surface area (Å²) in [6, 6.07) is 0. The van der Waals surface area contributed by atoms with E-state index in [-0.39, 0.29) is 4.97 Å². The van der Waals surface area contributed by atoms with Crippen molar-refractivity contribution in [3.05, 3.63) is 0 Å². The molecule has 4 nitrogen and oxygen atoms in total. The Hall–Kier alpha value is -0.160. The number of rotatable bonds is 16. The Bertz CT molecular complexity index is 200. The fourth-order valence-corrected chi connectivity index (χ4v) is 2.64. The largest absolute Gasteiger partial charge is 0.178 e. The zero-order valence-electron chi connectivity index (χ0n) is 14.9. The van der Waals surface area contributed by atoms with Gasteiger partial charge in [-0.3, -0.25) is 0 Å². The summed E-state index contributed by atoms with van der Waals surface area (Å²) in [5.41, 5.74) is 0. The molecule has 0 radical (unpaired) electrons. The van der Waals surface area contributed by atoms with Crippen molar-refractivity contribution in [3.63, 3.8) is 0 Å². The molecular formula is C17H38NO3+. The molecule has 0 fully saturated rings. The van der Waals surface area contributed by atoms with Gasteiger partial charge < -0.3 is 0 Å². The van der Waals surface area contributed by atoms with Crippen molar-refractivity contribution in [3.8, 4) is 0 Å². The van der Waals surface area contributed by atoms with Crippen molar-refractivity contribution >= 4 is 0 Å². The summed E-state index contributed by atoms with van der Waals surface area (Å²) < 4.78 is 0. The molecule has 0 aromatic carbocycles. The van der Waals surface area contributed by atoms with Crippen LogP contribution in [0.3, 0.4) is 0 Å². The maximum absolute atomic E-state index is 5.23. The van der Waals surface area contributed by atoms with E-state index >= 15 is 0 Å². The van der Waals surface area contributed by atoms with E-state index in [0.717, 1.165) is 13.0 Å². The average molecular weight is 304 g/mol. The lowest BCUT2D eigenvalue weighted by atomic mass is 10.1. The molecule has 0 aliphatic rings. The molecule has 0 N–H and O–H groups in total. The molecular weight excluding hydrogens is 266 g/mol. The molecule has 21 heavy (non-hydrogen) atoms. The molecule has 0 atom stereocenters. The van der Waals surface area contributed by atoms with Crippen LogP contribution in [0.15, 0.2) is 0 Å². The Labute approximate surface area is 132 Å². The molecule has 4 heteroatoms. The summed E-state index contributed by atoms with van der Waals surface area (Å²) in [6.45, 7) is 3.01. The smallest absolute Gasteiger partial charge is 0.135 e. The summed E-state index contributed by atoms with van der Waals surface area (Å²) in [7, 11) is 4.81. The van der Waals surface area contributed by atoms with E-state index in [9.17, 15) is 0 Å². The molecule has 128 valence electrons. The molecule has 0 heterocycles. The van der Waals surface area contributed by atoms with E-state index in [0.29, 0.717) is 0 Å². The van der Waals surface area contributed by atoms with Crippen molar-refractivity contribution in [2.75, 3.05) is 27.9 Å². The highest BCUT2D eigenvalue weighted by Crippen LogP contribution is 2.14. The van der Waals surface area contributed by atoms with Crippen LogP contribution in [-0.2, 0) is 14.5 Å². The number of quaternary nitrogens is 1. The Morgan fingerprint density at radius 3 is 1.19 bits per heavy atom. The number of unbranched alkanes of at least 4 members (excludes halogenated alkanes) is 11. The number of hydrogen-bond acceptors (Lipinski definition) is 3. The SMILES string of the molecule is CCCCCCCCCCCCCC[N+](OC)(OC)OC. The van der Waals surface area contributed by atoms with Crippen LogP contribution < -0.4 is 0 Å². The quantitative estimate of drug-likeness (QED) is 0.223. The Kier molecular flexibility index (Phi) is 14.7. The lowest BCUT2D eigenvalue weighted by molar-refractivity contribution is -1.36. The van der Waals surface area contributed by atoms with Crippen LogP contribution in [0.1, 0.15) is 84.0 Å². The topological polar surface area (TPSA) is 27.7 Å². The lowest BCUT2D eigenvalue weighted by Gasteiger charge is -2.24. The minimum atomic E-state index is -0.169. The van der Waals surface area contributed by atoms with Crippen LogP contribution in [0, 0.1) is 0 Å². The number of hydrogen-bond donors (Lipinski definition) is 0. The van der Waals surface area contributed by atoms with Gasteiger partial charge >= 0.3 is 0 Å². The zero-order valence-corrected chi connectivity index (χ0v) is 14.9. The predicted molar refractivity (Wildman–Crippen MR) is 87.2 cm³/mol. The molecule has 0 unspecified atom stereocenters. The maximum Gasteiger partial charge on any atom is 0.178 e. The second-order valence-corrected chi connectivity index (χ2v) is 5.77. The molecule has 0 saturated carbocycles. The number of hydroxylamine groups is 3. The predicted octanol–water partition coefficient (Wildman–Crippen LogP) is 5.19. The standard InChI is InChI=1S/C17H38NO3/c1-5-6-7-8-9-10-11-12-13-14-15-16-17-18(19-2,20-3)21-4/h5-17H2,1-4H3/q+1. The van der Waals surface area contributed by atoms with E-state index in [1.807, 2.05) is 0 Å². The Morgan fingerprint density at radius 2 is 0.857 bits per heavy atom. The van der Waals surface area contributed by atoms with Crippen LogP contribution in [-0.4, -0.2) is 32.8 Å². The van der Waals surface area contributed by atoms with E-state index in [1.165, 1.54) is 70.6 Å². The van der Waals surface area contributed by atoms with Crippen molar-refractivity contribution < 1.29 is 19.5 Å². The van der Waals surface area contributed by atoms with Crippen LogP contribution in [0.5, 0.6) is 0 Å². The molecule has 0 aliphatic heterocycles. The van der Waals surface area contributed by atoms with Gasteiger partial charge in [-0.15, -0.1) is 14.5 Å². The van der Waals surface area contributed by atoms with E-state index in [4.69, 9.17) is 14.5 Å². The van der Waals surface area contributed by atoms with E-state index in [1.54, 1.807) is 21.3 Å². The molecule has 0 rings (SSSR count). The summed E-state index contributed by atoms with van der Waals surface area (Å²) in [4.78, 5) is 15.5. The van der Waals surface area contributed by atoms with Crippen molar-refractivity contribution in [1.82, 2.24) is 0 Å². The zero-order chi connectivity index (χ0) is 15.8. The van der Waals surface area contributed by atoms with Gasteiger partial charge in [0.25, 0.3) is 0 Å². The second-order valence-electron chi connectivity index (χ2n) is 5.77. The van der Waals surface area contributed by atoms with Gasteiger partial charge in [-0.2, -0.15) is 0 Å². The van der Waals surface area contributed by atoms with Gasteiger partial charge in [0.2, 0.25) is 0 Å². The van der Waals surface area contributed by atoms with Gasteiger partial charge in [0.1, 0.15) is 21.3 Å². The summed E-state index contributed by atoms with van der Waals surface area (Å²) in [6.07, 6.45) is 16.2. The second kappa shape index (κ2) is 14.8. The third-order valence-electron chi connectivity index (χ3n) is 4.12. The summed E-state index contributed by atoms with van der Waals surface area (Å²) >= 11 is 0. The summed E-state index contributed by atoms with van der Waals surface area (Å²) in [5, 5.41) is 0. The highest BCUT2D eigenvalue weighted by Gasteiger charge is 2.29. The minimum Gasteiger partial charge on any atom is -0.135 e. The lowest BCUT2D eigenvalue weighted by Crippen LogP contribution is -2.45. The Balaban J connectivity index is 3.29. The maximum atomic E-state index is 5.23. The van der Waals surface area contributed by atoms with Crippen molar-refractivity contribution in [2.24, 2.45) is 0 Å². The third-order valence-corrected chi connectivity index (χ3v) is 4.12. The van der Waals surface area contributed by atoms with Gasteiger partial charge in [0.05, 0.1) is 4.97 Å². The van der Waals surface area contributed by atoms with Crippen LogP contribution in [0.2, 0.25) is 0 Å². The van der Waals surface area contributed by atoms with E-state index < -0.39 is 0 Å². The fourth-order valence-electron chi connectivity index (χ4n) is 2.64. The van der Waals surface area contributed by atoms with Gasteiger partial charge in [-0.1, -0.05) is 71.1 Å². The molecule has 0 aliphatic carbocycles. The fraction of sp³-hybridized carbons (Fsp3) is 1.00. The Morgan fingerprint density at radius 1 is 0.524 bits per heavy atom. The van der Waals surface area contributed by atoms with Crippen LogP contribution >= 0.6 is 0 Å².